The predicted octanol–water partition coefficient (Wildman–Crippen LogP) is 4.93. The topological polar surface area (TPSA) is 24.7 Å². The fourth-order valence-corrected chi connectivity index (χ4v) is 1.98. The standard InChI is InChI=1S/C19H18F2N2/c1-2-3-4-5-15-6-8-16(9-7-15)13-22-23-14-17-10-11-18(20)19(21)12-17/h2-3,6-14H,4-5H2,1H3/b3-2+,22-13?,23-14?. The van der Waals surface area contributed by atoms with Crippen LogP contribution >= 0.6 is 0 Å². The normalized spacial score (nSPS) is 12.0. The summed E-state index contributed by atoms with van der Waals surface area (Å²) in [5.41, 5.74) is 2.66. The molecule has 2 aromatic rings. The molecule has 0 saturated heterocycles. The molecule has 0 heterocycles. The lowest BCUT2D eigenvalue weighted by Crippen LogP contribution is -1.88. The summed E-state index contributed by atoms with van der Waals surface area (Å²) in [4.78, 5) is 0. The Morgan fingerprint density at radius 2 is 1.52 bits per heavy atom. The molecule has 0 bridgehead atoms. The molecule has 0 amide bonds. The number of hydrogen-bond acceptors (Lipinski definition) is 2. The fourth-order valence-electron chi connectivity index (χ4n) is 1.98. The quantitative estimate of drug-likeness (QED) is 0.410. The molecular formula is C19H18F2N2. The van der Waals surface area contributed by atoms with Crippen molar-refractivity contribution in [1.29, 1.82) is 0 Å². The van der Waals surface area contributed by atoms with Crippen molar-refractivity contribution in [2.45, 2.75) is 19.8 Å². The molecule has 0 N–H and O–H groups in total. The summed E-state index contributed by atoms with van der Waals surface area (Å²) < 4.78 is 25.8. The van der Waals surface area contributed by atoms with Crippen LogP contribution in [0.2, 0.25) is 0 Å². The van der Waals surface area contributed by atoms with Crippen molar-refractivity contribution in [2.24, 2.45) is 10.2 Å². The molecule has 0 aliphatic carbocycles. The van der Waals surface area contributed by atoms with Gasteiger partial charge in [-0.25, -0.2) is 8.78 Å². The van der Waals surface area contributed by atoms with E-state index in [9.17, 15) is 8.78 Å². The number of allylic oxidation sites excluding steroid dienone is 2. The van der Waals surface area contributed by atoms with Gasteiger partial charge in [-0.2, -0.15) is 10.2 Å². The molecule has 2 aromatic carbocycles. The van der Waals surface area contributed by atoms with Gasteiger partial charge in [-0.15, -0.1) is 0 Å². The van der Waals surface area contributed by atoms with Gasteiger partial charge < -0.3 is 0 Å². The zero-order chi connectivity index (χ0) is 16.5. The largest absolute Gasteiger partial charge is 0.204 e. The molecule has 2 nitrogen and oxygen atoms in total. The maximum absolute atomic E-state index is 13.0. The SMILES string of the molecule is C/C=C/CCc1ccc(C=NN=Cc2ccc(F)c(F)c2)cc1. The van der Waals surface area contributed by atoms with Crippen molar-refractivity contribution in [3.05, 3.63) is 82.9 Å². The Hall–Kier alpha value is -2.62. The molecule has 0 aliphatic rings. The highest BCUT2D eigenvalue weighted by atomic mass is 19.2. The second-order valence-electron chi connectivity index (χ2n) is 5.01. The van der Waals surface area contributed by atoms with Gasteiger partial charge in [-0.3, -0.25) is 0 Å². The molecule has 0 spiro atoms. The van der Waals surface area contributed by atoms with Crippen LogP contribution in [0.3, 0.4) is 0 Å². The van der Waals surface area contributed by atoms with E-state index in [2.05, 4.69) is 28.4 Å². The van der Waals surface area contributed by atoms with E-state index in [0.717, 1.165) is 30.5 Å². The molecule has 0 aromatic heterocycles. The van der Waals surface area contributed by atoms with Gasteiger partial charge in [0.25, 0.3) is 0 Å². The molecule has 0 atom stereocenters. The van der Waals surface area contributed by atoms with Crippen molar-refractivity contribution in [3.63, 3.8) is 0 Å². The minimum Gasteiger partial charge on any atom is -0.204 e. The van der Waals surface area contributed by atoms with Crippen molar-refractivity contribution in [3.8, 4) is 0 Å². The maximum atomic E-state index is 13.0. The van der Waals surface area contributed by atoms with E-state index < -0.39 is 11.6 Å². The molecule has 23 heavy (non-hydrogen) atoms. The Balaban J connectivity index is 1.92. The number of halogens is 2. The first-order chi connectivity index (χ1) is 11.2. The first-order valence-corrected chi connectivity index (χ1v) is 7.40. The Morgan fingerprint density at radius 1 is 0.870 bits per heavy atom. The monoisotopic (exact) mass is 312 g/mol. The zero-order valence-electron chi connectivity index (χ0n) is 12.9. The maximum Gasteiger partial charge on any atom is 0.159 e. The lowest BCUT2D eigenvalue weighted by atomic mass is 10.1. The van der Waals surface area contributed by atoms with Crippen LogP contribution in [-0.2, 0) is 6.42 Å². The number of benzene rings is 2. The summed E-state index contributed by atoms with van der Waals surface area (Å²) in [6, 6.07) is 11.6. The molecule has 0 unspecified atom stereocenters. The third kappa shape index (κ3) is 5.58. The average Bonchev–Trinajstić information content (AvgIpc) is 2.56. The second-order valence-corrected chi connectivity index (χ2v) is 5.01. The molecule has 0 radical (unpaired) electrons. The Kier molecular flexibility index (Phi) is 6.36. The van der Waals surface area contributed by atoms with Crippen LogP contribution in [0.4, 0.5) is 8.78 Å². The summed E-state index contributed by atoms with van der Waals surface area (Å²) in [5.74, 6) is -1.77. The summed E-state index contributed by atoms with van der Waals surface area (Å²) in [5, 5.41) is 7.75. The smallest absolute Gasteiger partial charge is 0.159 e. The highest BCUT2D eigenvalue weighted by molar-refractivity contribution is 5.82. The van der Waals surface area contributed by atoms with Crippen molar-refractivity contribution >= 4 is 12.4 Å². The number of rotatable bonds is 6. The third-order valence-corrected chi connectivity index (χ3v) is 3.24. The predicted molar refractivity (Wildman–Crippen MR) is 91.1 cm³/mol. The van der Waals surface area contributed by atoms with Gasteiger partial charge in [-0.1, -0.05) is 42.5 Å². The van der Waals surface area contributed by atoms with Crippen molar-refractivity contribution in [1.82, 2.24) is 0 Å². The number of hydrogen-bond donors (Lipinski definition) is 0. The Bertz CT molecular complexity index is 717. The van der Waals surface area contributed by atoms with E-state index >= 15 is 0 Å². The highest BCUT2D eigenvalue weighted by Gasteiger charge is 2.00. The molecule has 0 saturated carbocycles. The van der Waals surface area contributed by atoms with E-state index in [1.807, 2.05) is 25.1 Å². The van der Waals surface area contributed by atoms with Crippen LogP contribution in [0.1, 0.15) is 30.0 Å². The van der Waals surface area contributed by atoms with Gasteiger partial charge in [0.05, 0.1) is 12.4 Å². The summed E-state index contributed by atoms with van der Waals surface area (Å²) in [6.45, 7) is 2.01. The fraction of sp³-hybridized carbons (Fsp3) is 0.158. The van der Waals surface area contributed by atoms with Gasteiger partial charge in [0, 0.05) is 0 Å². The first kappa shape index (κ1) is 16.7. The minimum atomic E-state index is -0.897. The van der Waals surface area contributed by atoms with Gasteiger partial charge in [0.1, 0.15) is 0 Å². The van der Waals surface area contributed by atoms with Crippen LogP contribution in [0.15, 0.2) is 64.8 Å². The van der Waals surface area contributed by atoms with Gasteiger partial charge in [-0.05, 0) is 48.6 Å². The first-order valence-electron chi connectivity index (χ1n) is 7.40. The highest BCUT2D eigenvalue weighted by Crippen LogP contribution is 2.07. The summed E-state index contributed by atoms with van der Waals surface area (Å²) in [7, 11) is 0. The molecule has 0 fully saturated rings. The number of nitrogens with zero attached hydrogens (tertiary/aromatic N) is 2. The summed E-state index contributed by atoms with van der Waals surface area (Å²) in [6.07, 6.45) is 9.23. The van der Waals surface area contributed by atoms with E-state index in [0.29, 0.717) is 5.56 Å². The third-order valence-electron chi connectivity index (χ3n) is 3.24. The van der Waals surface area contributed by atoms with Crippen molar-refractivity contribution in [2.75, 3.05) is 0 Å². The van der Waals surface area contributed by atoms with Crippen molar-refractivity contribution < 1.29 is 8.78 Å². The Labute approximate surface area is 134 Å². The van der Waals surface area contributed by atoms with Crippen LogP contribution < -0.4 is 0 Å². The molecule has 4 heteroatoms. The van der Waals surface area contributed by atoms with Gasteiger partial charge in [0.2, 0.25) is 0 Å². The van der Waals surface area contributed by atoms with E-state index in [-0.39, 0.29) is 0 Å². The van der Waals surface area contributed by atoms with Crippen LogP contribution in [-0.4, -0.2) is 12.4 Å². The van der Waals surface area contributed by atoms with E-state index in [1.165, 1.54) is 17.8 Å². The number of aryl methyl sites for hydroxylation is 1. The Morgan fingerprint density at radius 3 is 2.17 bits per heavy atom. The molecular weight excluding hydrogens is 294 g/mol. The van der Waals surface area contributed by atoms with E-state index in [4.69, 9.17) is 0 Å². The van der Waals surface area contributed by atoms with Crippen LogP contribution in [0.25, 0.3) is 0 Å². The van der Waals surface area contributed by atoms with E-state index in [1.54, 1.807) is 6.21 Å². The average molecular weight is 312 g/mol. The molecule has 118 valence electrons. The molecule has 2 rings (SSSR count). The van der Waals surface area contributed by atoms with Gasteiger partial charge >= 0.3 is 0 Å². The van der Waals surface area contributed by atoms with Crippen LogP contribution in [0, 0.1) is 11.6 Å². The molecule has 0 aliphatic heterocycles. The second kappa shape index (κ2) is 8.73. The lowest BCUT2D eigenvalue weighted by Gasteiger charge is -1.98. The zero-order valence-corrected chi connectivity index (χ0v) is 12.9. The lowest BCUT2D eigenvalue weighted by molar-refractivity contribution is 0.508. The minimum absolute atomic E-state index is 0.459. The van der Waals surface area contributed by atoms with Gasteiger partial charge in [0.15, 0.2) is 11.6 Å². The summed E-state index contributed by atoms with van der Waals surface area (Å²) >= 11 is 0. The van der Waals surface area contributed by atoms with Crippen LogP contribution in [0.5, 0.6) is 0 Å².